The summed E-state index contributed by atoms with van der Waals surface area (Å²) in [5, 5.41) is 3.47. The van der Waals surface area contributed by atoms with Crippen LogP contribution in [0.25, 0.3) is 5.69 Å². The molecule has 0 bridgehead atoms. The zero-order valence-corrected chi connectivity index (χ0v) is 15.3. The molecule has 5 nitrogen and oxygen atoms in total. The van der Waals surface area contributed by atoms with E-state index in [4.69, 9.17) is 0 Å². The van der Waals surface area contributed by atoms with Gasteiger partial charge in [0.05, 0.1) is 11.3 Å². The lowest BCUT2D eigenvalue weighted by atomic mass is 9.78. The number of hydrogen-bond donors (Lipinski definition) is 1. The molecule has 0 aliphatic carbocycles. The highest BCUT2D eigenvalue weighted by Gasteiger charge is 2.39. The monoisotopic (exact) mass is 340 g/mol. The third-order valence-corrected chi connectivity index (χ3v) is 6.24. The van der Waals surface area contributed by atoms with Crippen molar-refractivity contribution in [2.75, 3.05) is 26.2 Å². The van der Waals surface area contributed by atoms with Crippen LogP contribution in [-0.4, -0.2) is 40.4 Å². The number of rotatable bonds is 3. The van der Waals surface area contributed by atoms with Crippen LogP contribution < -0.4 is 10.9 Å². The Balaban J connectivity index is 1.59. The SMILES string of the molecule is Cc1c(CN2CCC3(CCNCC3)C2)c(=O)n(-c2ccccc2)n1C. The van der Waals surface area contributed by atoms with Gasteiger partial charge in [0.25, 0.3) is 5.56 Å². The van der Waals surface area contributed by atoms with E-state index < -0.39 is 0 Å². The molecular weight excluding hydrogens is 312 g/mol. The van der Waals surface area contributed by atoms with Crippen molar-refractivity contribution in [3.63, 3.8) is 0 Å². The van der Waals surface area contributed by atoms with Crippen molar-refractivity contribution >= 4 is 0 Å². The lowest BCUT2D eigenvalue weighted by Gasteiger charge is -2.33. The van der Waals surface area contributed by atoms with Crippen LogP contribution in [0.5, 0.6) is 0 Å². The topological polar surface area (TPSA) is 42.2 Å². The van der Waals surface area contributed by atoms with Crippen molar-refractivity contribution < 1.29 is 0 Å². The van der Waals surface area contributed by atoms with E-state index >= 15 is 0 Å². The van der Waals surface area contributed by atoms with Gasteiger partial charge in [-0.1, -0.05) is 18.2 Å². The average molecular weight is 340 g/mol. The minimum absolute atomic E-state index is 0.123. The number of nitrogens with zero attached hydrogens (tertiary/aromatic N) is 3. The van der Waals surface area contributed by atoms with Gasteiger partial charge in [-0.15, -0.1) is 0 Å². The first-order valence-electron chi connectivity index (χ1n) is 9.36. The second kappa shape index (κ2) is 6.46. The summed E-state index contributed by atoms with van der Waals surface area (Å²) in [4.78, 5) is 15.6. The maximum absolute atomic E-state index is 13.1. The van der Waals surface area contributed by atoms with Gasteiger partial charge in [-0.25, -0.2) is 4.68 Å². The van der Waals surface area contributed by atoms with Crippen molar-refractivity contribution in [2.24, 2.45) is 12.5 Å². The van der Waals surface area contributed by atoms with Gasteiger partial charge in [-0.3, -0.25) is 14.4 Å². The van der Waals surface area contributed by atoms with Crippen LogP contribution >= 0.6 is 0 Å². The van der Waals surface area contributed by atoms with E-state index in [-0.39, 0.29) is 5.56 Å². The Hall–Kier alpha value is -1.85. The molecule has 0 amide bonds. The lowest BCUT2D eigenvalue weighted by Crippen LogP contribution is -2.38. The molecule has 2 aromatic rings. The first-order chi connectivity index (χ1) is 12.1. The molecular formula is C20H28N4O. The molecule has 1 N–H and O–H groups in total. The van der Waals surface area contributed by atoms with E-state index in [1.807, 2.05) is 42.1 Å². The number of aromatic nitrogens is 2. The van der Waals surface area contributed by atoms with Crippen LogP contribution in [0, 0.1) is 12.3 Å². The van der Waals surface area contributed by atoms with Gasteiger partial charge >= 0.3 is 0 Å². The number of piperidine rings is 1. The Labute approximate surface area is 149 Å². The molecule has 3 heterocycles. The molecule has 0 saturated carbocycles. The second-order valence-corrected chi connectivity index (χ2v) is 7.75. The normalized spacial score (nSPS) is 20.4. The highest BCUT2D eigenvalue weighted by molar-refractivity contribution is 5.33. The number of hydrogen-bond acceptors (Lipinski definition) is 3. The highest BCUT2D eigenvalue weighted by atomic mass is 16.1. The Morgan fingerprint density at radius 1 is 1.12 bits per heavy atom. The molecule has 1 aromatic heterocycles. The van der Waals surface area contributed by atoms with Gasteiger partial charge in [0.15, 0.2) is 0 Å². The molecule has 1 spiro atoms. The first-order valence-corrected chi connectivity index (χ1v) is 9.36. The summed E-state index contributed by atoms with van der Waals surface area (Å²) in [6.07, 6.45) is 3.81. The first kappa shape index (κ1) is 16.6. The lowest BCUT2D eigenvalue weighted by molar-refractivity contribution is 0.193. The van der Waals surface area contributed by atoms with Crippen LogP contribution in [0.3, 0.4) is 0 Å². The fraction of sp³-hybridized carbons (Fsp3) is 0.550. The smallest absolute Gasteiger partial charge is 0.276 e. The van der Waals surface area contributed by atoms with Crippen LogP contribution in [0.15, 0.2) is 35.1 Å². The van der Waals surface area contributed by atoms with Crippen molar-refractivity contribution in [1.82, 2.24) is 19.6 Å². The summed E-state index contributed by atoms with van der Waals surface area (Å²) < 4.78 is 3.78. The summed E-state index contributed by atoms with van der Waals surface area (Å²) in [5.41, 5.74) is 3.54. The van der Waals surface area contributed by atoms with Gasteiger partial charge in [-0.05, 0) is 63.4 Å². The number of likely N-dealkylation sites (tertiary alicyclic amines) is 1. The fourth-order valence-electron chi connectivity index (χ4n) is 4.56. The quantitative estimate of drug-likeness (QED) is 0.930. The second-order valence-electron chi connectivity index (χ2n) is 7.75. The largest absolute Gasteiger partial charge is 0.317 e. The Morgan fingerprint density at radius 2 is 1.84 bits per heavy atom. The van der Waals surface area contributed by atoms with E-state index in [1.165, 1.54) is 19.3 Å². The summed E-state index contributed by atoms with van der Waals surface area (Å²) >= 11 is 0. The number of para-hydroxylation sites is 1. The molecule has 2 saturated heterocycles. The van der Waals surface area contributed by atoms with Crippen LogP contribution in [-0.2, 0) is 13.6 Å². The molecule has 134 valence electrons. The van der Waals surface area contributed by atoms with Gasteiger partial charge < -0.3 is 5.32 Å². The van der Waals surface area contributed by atoms with Crippen LogP contribution in [0.1, 0.15) is 30.5 Å². The minimum Gasteiger partial charge on any atom is -0.317 e. The zero-order chi connectivity index (χ0) is 17.4. The van der Waals surface area contributed by atoms with Crippen LogP contribution in [0.4, 0.5) is 0 Å². The molecule has 0 atom stereocenters. The average Bonchev–Trinajstić information content (AvgIpc) is 3.11. The van der Waals surface area contributed by atoms with E-state index in [0.29, 0.717) is 5.41 Å². The summed E-state index contributed by atoms with van der Waals surface area (Å²) in [6, 6.07) is 9.92. The highest BCUT2D eigenvalue weighted by Crippen LogP contribution is 2.39. The van der Waals surface area contributed by atoms with Crippen molar-refractivity contribution in [1.29, 1.82) is 0 Å². The summed E-state index contributed by atoms with van der Waals surface area (Å²) in [7, 11) is 1.98. The number of nitrogens with one attached hydrogen (secondary N) is 1. The zero-order valence-electron chi connectivity index (χ0n) is 15.3. The summed E-state index contributed by atoms with van der Waals surface area (Å²) in [5.74, 6) is 0. The molecule has 2 aliphatic rings. The molecule has 0 radical (unpaired) electrons. The van der Waals surface area contributed by atoms with Gasteiger partial charge in [0.1, 0.15) is 0 Å². The van der Waals surface area contributed by atoms with Gasteiger partial charge in [0.2, 0.25) is 0 Å². The maximum Gasteiger partial charge on any atom is 0.276 e. The predicted molar refractivity (Wildman–Crippen MR) is 100 cm³/mol. The van der Waals surface area contributed by atoms with Crippen LogP contribution in [0.2, 0.25) is 0 Å². The van der Waals surface area contributed by atoms with E-state index in [2.05, 4.69) is 17.1 Å². The maximum atomic E-state index is 13.1. The molecule has 4 rings (SSSR count). The Morgan fingerprint density at radius 3 is 2.56 bits per heavy atom. The third kappa shape index (κ3) is 2.96. The molecule has 2 aliphatic heterocycles. The van der Waals surface area contributed by atoms with Gasteiger partial charge in [0, 0.05) is 25.8 Å². The molecule has 2 fully saturated rings. The standard InChI is InChI=1S/C20H28N4O/c1-16-18(14-23-13-10-20(15-23)8-11-21-12-9-20)19(25)24(22(16)2)17-6-4-3-5-7-17/h3-7,21H,8-15H2,1-2H3. The predicted octanol–water partition coefficient (Wildman–Crippen LogP) is 2.06. The van der Waals surface area contributed by atoms with Crippen molar-refractivity contribution in [3.05, 3.63) is 51.9 Å². The fourth-order valence-corrected chi connectivity index (χ4v) is 4.56. The van der Waals surface area contributed by atoms with Gasteiger partial charge in [-0.2, -0.15) is 0 Å². The third-order valence-electron chi connectivity index (χ3n) is 6.24. The minimum atomic E-state index is 0.123. The Kier molecular flexibility index (Phi) is 4.29. The van der Waals surface area contributed by atoms with E-state index in [1.54, 1.807) is 4.68 Å². The summed E-state index contributed by atoms with van der Waals surface area (Å²) in [6.45, 7) is 7.35. The molecule has 0 unspecified atom stereocenters. The molecule has 1 aromatic carbocycles. The molecule has 25 heavy (non-hydrogen) atoms. The number of benzene rings is 1. The van der Waals surface area contributed by atoms with E-state index in [9.17, 15) is 4.79 Å². The van der Waals surface area contributed by atoms with Crippen molar-refractivity contribution in [3.8, 4) is 5.69 Å². The van der Waals surface area contributed by atoms with E-state index in [0.717, 1.165) is 49.7 Å². The van der Waals surface area contributed by atoms with Crippen molar-refractivity contribution in [2.45, 2.75) is 32.7 Å². The Bertz CT molecular complexity index is 799. The molecule has 5 heteroatoms.